The Morgan fingerprint density at radius 1 is 1.12 bits per heavy atom. The zero-order chi connectivity index (χ0) is 16.9. The van der Waals surface area contributed by atoms with E-state index in [9.17, 15) is 9.59 Å². The first-order valence-electron chi connectivity index (χ1n) is 7.43. The summed E-state index contributed by atoms with van der Waals surface area (Å²) in [7, 11) is 1.62. The van der Waals surface area contributed by atoms with Crippen LogP contribution in [0.2, 0.25) is 0 Å². The summed E-state index contributed by atoms with van der Waals surface area (Å²) in [5.41, 5.74) is 0.878. The lowest BCUT2D eigenvalue weighted by Crippen LogP contribution is -2.30. The normalized spacial score (nSPS) is 10.5. The molecule has 0 aliphatic rings. The van der Waals surface area contributed by atoms with Crippen LogP contribution in [0.15, 0.2) is 59.2 Å². The average Bonchev–Trinajstić information content (AvgIpc) is 3.11. The topological polar surface area (TPSA) is 72.6 Å². The van der Waals surface area contributed by atoms with Gasteiger partial charge in [-0.05, 0) is 24.3 Å². The number of hydrogen-bond acceptors (Lipinski definition) is 5. The SMILES string of the molecule is CN(Cc1ccco1)C(=O)COC(=O)c1ccc2ccccc2n1. The van der Waals surface area contributed by atoms with Gasteiger partial charge >= 0.3 is 5.97 Å². The molecule has 0 fully saturated rings. The van der Waals surface area contributed by atoms with E-state index in [1.54, 1.807) is 37.6 Å². The predicted molar refractivity (Wildman–Crippen MR) is 87.2 cm³/mol. The van der Waals surface area contributed by atoms with E-state index in [0.717, 1.165) is 5.39 Å². The van der Waals surface area contributed by atoms with Crippen molar-refractivity contribution >= 4 is 22.8 Å². The molecule has 122 valence electrons. The maximum Gasteiger partial charge on any atom is 0.357 e. The fraction of sp³-hybridized carbons (Fsp3) is 0.167. The highest BCUT2D eigenvalue weighted by molar-refractivity contribution is 5.92. The van der Waals surface area contributed by atoms with E-state index in [2.05, 4.69) is 4.98 Å². The smallest absolute Gasteiger partial charge is 0.357 e. The number of nitrogens with zero attached hydrogens (tertiary/aromatic N) is 2. The van der Waals surface area contributed by atoms with Crippen LogP contribution < -0.4 is 0 Å². The van der Waals surface area contributed by atoms with Crippen LogP contribution in [0.5, 0.6) is 0 Å². The fourth-order valence-electron chi connectivity index (χ4n) is 2.22. The number of carbonyl (C=O) groups excluding carboxylic acids is 2. The van der Waals surface area contributed by atoms with Crippen molar-refractivity contribution in [1.29, 1.82) is 0 Å². The molecule has 0 unspecified atom stereocenters. The van der Waals surface area contributed by atoms with Crippen molar-refractivity contribution in [2.75, 3.05) is 13.7 Å². The summed E-state index contributed by atoms with van der Waals surface area (Å²) in [6.45, 7) is -0.0256. The minimum Gasteiger partial charge on any atom is -0.467 e. The Kier molecular flexibility index (Phi) is 4.56. The molecule has 3 aromatic rings. The summed E-state index contributed by atoms with van der Waals surface area (Å²) >= 11 is 0. The molecule has 0 bridgehead atoms. The molecular weight excluding hydrogens is 308 g/mol. The maximum absolute atomic E-state index is 12.1. The molecule has 1 amide bonds. The lowest BCUT2D eigenvalue weighted by molar-refractivity contribution is -0.134. The second-order valence-corrected chi connectivity index (χ2v) is 5.29. The third-order valence-corrected chi connectivity index (χ3v) is 3.53. The first-order valence-corrected chi connectivity index (χ1v) is 7.43. The molecule has 24 heavy (non-hydrogen) atoms. The molecule has 2 aromatic heterocycles. The Balaban J connectivity index is 1.58. The quantitative estimate of drug-likeness (QED) is 0.675. The molecule has 0 aliphatic heterocycles. The van der Waals surface area contributed by atoms with Crippen molar-refractivity contribution in [3.63, 3.8) is 0 Å². The Morgan fingerprint density at radius 2 is 1.96 bits per heavy atom. The Bertz CT molecular complexity index is 858. The Morgan fingerprint density at radius 3 is 2.75 bits per heavy atom. The summed E-state index contributed by atoms with van der Waals surface area (Å²) in [6, 6.07) is 14.4. The molecule has 0 radical (unpaired) electrons. The molecule has 6 nitrogen and oxygen atoms in total. The van der Waals surface area contributed by atoms with Crippen molar-refractivity contribution in [1.82, 2.24) is 9.88 Å². The number of pyridine rings is 1. The molecular formula is C18H16N2O4. The van der Waals surface area contributed by atoms with Gasteiger partial charge in [0.15, 0.2) is 6.61 Å². The van der Waals surface area contributed by atoms with Crippen LogP contribution in [0.4, 0.5) is 0 Å². The number of aromatic nitrogens is 1. The standard InChI is InChI=1S/C18H16N2O4/c1-20(11-14-6-4-10-23-14)17(21)12-24-18(22)16-9-8-13-5-2-3-7-15(13)19-16/h2-10H,11-12H2,1H3. The van der Waals surface area contributed by atoms with Gasteiger partial charge in [-0.25, -0.2) is 9.78 Å². The third-order valence-electron chi connectivity index (χ3n) is 3.53. The molecule has 6 heteroatoms. The number of amides is 1. The van der Waals surface area contributed by atoms with E-state index < -0.39 is 5.97 Å². The number of rotatable bonds is 5. The number of para-hydroxylation sites is 1. The van der Waals surface area contributed by atoms with Crippen molar-refractivity contribution < 1.29 is 18.7 Å². The zero-order valence-corrected chi connectivity index (χ0v) is 13.1. The van der Waals surface area contributed by atoms with Crippen molar-refractivity contribution in [2.45, 2.75) is 6.54 Å². The average molecular weight is 324 g/mol. The summed E-state index contributed by atoms with van der Waals surface area (Å²) in [6.07, 6.45) is 1.54. The van der Waals surface area contributed by atoms with Gasteiger partial charge in [-0.15, -0.1) is 0 Å². The summed E-state index contributed by atoms with van der Waals surface area (Å²) in [4.78, 5) is 29.7. The van der Waals surface area contributed by atoms with Crippen LogP contribution in [0.25, 0.3) is 10.9 Å². The van der Waals surface area contributed by atoms with Gasteiger partial charge in [0.2, 0.25) is 0 Å². The van der Waals surface area contributed by atoms with Gasteiger partial charge in [-0.2, -0.15) is 0 Å². The van der Waals surface area contributed by atoms with Crippen LogP contribution in [0, 0.1) is 0 Å². The van der Waals surface area contributed by atoms with E-state index >= 15 is 0 Å². The molecule has 0 N–H and O–H groups in total. The highest BCUT2D eigenvalue weighted by Crippen LogP contribution is 2.12. The number of furan rings is 1. The molecule has 0 atom stereocenters. The maximum atomic E-state index is 12.1. The highest BCUT2D eigenvalue weighted by Gasteiger charge is 2.15. The summed E-state index contributed by atoms with van der Waals surface area (Å²) in [5.74, 6) is -0.283. The van der Waals surface area contributed by atoms with Crippen LogP contribution in [0.3, 0.4) is 0 Å². The second-order valence-electron chi connectivity index (χ2n) is 5.29. The van der Waals surface area contributed by atoms with Gasteiger partial charge in [0.1, 0.15) is 11.5 Å². The summed E-state index contributed by atoms with van der Waals surface area (Å²) in [5, 5.41) is 0.934. The lowest BCUT2D eigenvalue weighted by atomic mass is 10.2. The van der Waals surface area contributed by atoms with Gasteiger partial charge in [-0.3, -0.25) is 4.79 Å². The van der Waals surface area contributed by atoms with Crippen molar-refractivity contribution in [3.05, 3.63) is 66.2 Å². The fourth-order valence-corrected chi connectivity index (χ4v) is 2.22. The van der Waals surface area contributed by atoms with E-state index in [0.29, 0.717) is 17.8 Å². The largest absolute Gasteiger partial charge is 0.467 e. The minimum atomic E-state index is -0.625. The molecule has 0 spiro atoms. The predicted octanol–water partition coefficient (Wildman–Crippen LogP) is 2.64. The molecule has 1 aromatic carbocycles. The molecule has 0 saturated carbocycles. The van der Waals surface area contributed by atoms with E-state index in [1.165, 1.54) is 4.90 Å². The van der Waals surface area contributed by atoms with Gasteiger partial charge in [0.05, 0.1) is 18.3 Å². The van der Waals surface area contributed by atoms with Crippen LogP contribution >= 0.6 is 0 Å². The molecule has 0 aliphatic carbocycles. The number of hydrogen-bond donors (Lipinski definition) is 0. The van der Waals surface area contributed by atoms with E-state index in [1.807, 2.05) is 24.3 Å². The number of carbonyl (C=O) groups is 2. The summed E-state index contributed by atoms with van der Waals surface area (Å²) < 4.78 is 10.2. The number of likely N-dealkylation sites (N-methyl/N-ethyl adjacent to an activating group) is 1. The molecule has 3 rings (SSSR count). The Labute approximate surface area is 138 Å². The minimum absolute atomic E-state index is 0.176. The number of benzene rings is 1. The molecule has 2 heterocycles. The second kappa shape index (κ2) is 6.95. The van der Waals surface area contributed by atoms with Crippen LogP contribution in [0.1, 0.15) is 16.2 Å². The van der Waals surface area contributed by atoms with Gasteiger partial charge in [0, 0.05) is 12.4 Å². The van der Waals surface area contributed by atoms with Gasteiger partial charge < -0.3 is 14.1 Å². The lowest BCUT2D eigenvalue weighted by Gasteiger charge is -2.15. The van der Waals surface area contributed by atoms with Crippen LogP contribution in [-0.4, -0.2) is 35.4 Å². The van der Waals surface area contributed by atoms with Crippen LogP contribution in [-0.2, 0) is 16.1 Å². The zero-order valence-electron chi connectivity index (χ0n) is 13.1. The van der Waals surface area contributed by atoms with E-state index in [4.69, 9.17) is 9.15 Å². The first kappa shape index (κ1) is 15.7. The van der Waals surface area contributed by atoms with Crippen molar-refractivity contribution in [3.8, 4) is 0 Å². The van der Waals surface area contributed by atoms with E-state index in [-0.39, 0.29) is 18.2 Å². The highest BCUT2D eigenvalue weighted by atomic mass is 16.5. The van der Waals surface area contributed by atoms with Gasteiger partial charge in [0.25, 0.3) is 5.91 Å². The first-order chi connectivity index (χ1) is 11.6. The molecule has 0 saturated heterocycles. The third kappa shape index (κ3) is 3.60. The Hall–Kier alpha value is -3.15. The number of ether oxygens (including phenoxy) is 1. The number of fused-ring (bicyclic) bond motifs is 1. The monoisotopic (exact) mass is 324 g/mol. The van der Waals surface area contributed by atoms with Crippen molar-refractivity contribution in [2.24, 2.45) is 0 Å². The number of esters is 1. The van der Waals surface area contributed by atoms with Gasteiger partial charge in [-0.1, -0.05) is 24.3 Å².